The Balaban J connectivity index is 1.83. The maximum absolute atomic E-state index is 12.7. The average molecular weight is 337 g/mol. The van der Waals surface area contributed by atoms with Crippen molar-refractivity contribution in [2.45, 2.75) is 12.6 Å². The Hall–Kier alpha value is -2.13. The molecule has 3 rings (SSSR count). The number of hydrogen-bond donors (Lipinski definition) is 1. The largest absolute Gasteiger partial charge is 0.347 e. The first-order chi connectivity index (χ1) is 10.8. The third-order valence-corrected chi connectivity index (χ3v) is 4.60. The SMILES string of the molecule is Cn1cccc1C(=O)N1Cc2ccnn2[C@@H](CNS(C)(=O)=O)C1. The molecule has 1 aliphatic rings. The van der Waals surface area contributed by atoms with E-state index in [1.165, 1.54) is 0 Å². The predicted octanol–water partition coefficient (Wildman–Crippen LogP) is -0.0321. The second-order valence-electron chi connectivity index (χ2n) is 5.73. The van der Waals surface area contributed by atoms with E-state index in [1.807, 2.05) is 25.4 Å². The van der Waals surface area contributed by atoms with Gasteiger partial charge in [0.25, 0.3) is 5.91 Å². The van der Waals surface area contributed by atoms with E-state index in [-0.39, 0.29) is 18.5 Å². The quantitative estimate of drug-likeness (QED) is 0.848. The number of aryl methyl sites for hydroxylation is 1. The van der Waals surface area contributed by atoms with E-state index in [9.17, 15) is 13.2 Å². The summed E-state index contributed by atoms with van der Waals surface area (Å²) in [5, 5.41) is 4.25. The van der Waals surface area contributed by atoms with Crippen LogP contribution in [0, 0.1) is 0 Å². The Kier molecular flexibility index (Phi) is 3.99. The predicted molar refractivity (Wildman–Crippen MR) is 84.3 cm³/mol. The summed E-state index contributed by atoms with van der Waals surface area (Å²) in [5.74, 6) is -0.0747. The molecule has 2 aromatic heterocycles. The molecule has 0 unspecified atom stereocenters. The number of rotatable bonds is 4. The number of carbonyl (C=O) groups excluding carboxylic acids is 1. The highest BCUT2D eigenvalue weighted by molar-refractivity contribution is 7.88. The van der Waals surface area contributed by atoms with Gasteiger partial charge in [-0.15, -0.1) is 0 Å². The van der Waals surface area contributed by atoms with Crippen LogP contribution in [0.5, 0.6) is 0 Å². The van der Waals surface area contributed by atoms with E-state index < -0.39 is 10.0 Å². The normalized spacial score (nSPS) is 18.0. The number of amides is 1. The summed E-state index contributed by atoms with van der Waals surface area (Å²) in [6.07, 6.45) is 4.61. The van der Waals surface area contributed by atoms with E-state index >= 15 is 0 Å². The second-order valence-corrected chi connectivity index (χ2v) is 7.56. The first-order valence-electron chi connectivity index (χ1n) is 7.23. The van der Waals surface area contributed by atoms with Crippen molar-refractivity contribution in [3.8, 4) is 0 Å². The van der Waals surface area contributed by atoms with Crippen molar-refractivity contribution in [1.29, 1.82) is 0 Å². The lowest BCUT2D eigenvalue weighted by Gasteiger charge is -2.34. The summed E-state index contributed by atoms with van der Waals surface area (Å²) in [6.45, 7) is 1.06. The van der Waals surface area contributed by atoms with E-state index in [2.05, 4.69) is 9.82 Å². The monoisotopic (exact) mass is 337 g/mol. The minimum absolute atomic E-state index is 0.0747. The van der Waals surface area contributed by atoms with Gasteiger partial charge in [-0.3, -0.25) is 9.48 Å². The van der Waals surface area contributed by atoms with Gasteiger partial charge < -0.3 is 9.47 Å². The second kappa shape index (κ2) is 5.82. The van der Waals surface area contributed by atoms with Crippen LogP contribution < -0.4 is 4.72 Å². The van der Waals surface area contributed by atoms with Gasteiger partial charge in [0.15, 0.2) is 0 Å². The molecule has 1 amide bonds. The van der Waals surface area contributed by atoms with Crippen molar-refractivity contribution in [2.75, 3.05) is 19.3 Å². The highest BCUT2D eigenvalue weighted by atomic mass is 32.2. The van der Waals surface area contributed by atoms with Crippen molar-refractivity contribution >= 4 is 15.9 Å². The minimum Gasteiger partial charge on any atom is -0.347 e. The van der Waals surface area contributed by atoms with Crippen LogP contribution in [-0.2, 0) is 23.6 Å². The van der Waals surface area contributed by atoms with Crippen molar-refractivity contribution in [2.24, 2.45) is 7.05 Å². The zero-order valence-corrected chi connectivity index (χ0v) is 13.8. The van der Waals surface area contributed by atoms with Crippen LogP contribution in [0.2, 0.25) is 0 Å². The zero-order chi connectivity index (χ0) is 16.6. The fourth-order valence-corrected chi connectivity index (χ4v) is 3.28. The summed E-state index contributed by atoms with van der Waals surface area (Å²) < 4.78 is 28.7. The van der Waals surface area contributed by atoms with E-state index in [4.69, 9.17) is 0 Å². The number of hydrogen-bond acceptors (Lipinski definition) is 4. The number of nitrogens with zero attached hydrogens (tertiary/aromatic N) is 4. The number of aromatic nitrogens is 3. The highest BCUT2D eigenvalue weighted by Crippen LogP contribution is 2.21. The van der Waals surface area contributed by atoms with Crippen molar-refractivity contribution in [1.82, 2.24) is 24.0 Å². The maximum atomic E-state index is 12.7. The van der Waals surface area contributed by atoms with Crippen LogP contribution in [-0.4, -0.2) is 52.9 Å². The van der Waals surface area contributed by atoms with Crippen molar-refractivity contribution in [3.63, 3.8) is 0 Å². The average Bonchev–Trinajstić information content (AvgIpc) is 3.11. The van der Waals surface area contributed by atoms with Gasteiger partial charge in [-0.1, -0.05) is 0 Å². The van der Waals surface area contributed by atoms with Crippen molar-refractivity contribution < 1.29 is 13.2 Å². The molecule has 124 valence electrons. The van der Waals surface area contributed by atoms with Crippen LogP contribution in [0.25, 0.3) is 0 Å². The minimum atomic E-state index is -3.30. The summed E-state index contributed by atoms with van der Waals surface area (Å²) in [6, 6.07) is 5.22. The fraction of sp³-hybridized carbons (Fsp3) is 0.429. The fourth-order valence-electron chi connectivity index (χ4n) is 2.79. The van der Waals surface area contributed by atoms with Gasteiger partial charge in [-0.25, -0.2) is 13.1 Å². The first kappa shape index (κ1) is 15.8. The van der Waals surface area contributed by atoms with Gasteiger partial charge in [0.1, 0.15) is 5.69 Å². The van der Waals surface area contributed by atoms with Gasteiger partial charge in [-0.05, 0) is 18.2 Å². The molecule has 0 radical (unpaired) electrons. The first-order valence-corrected chi connectivity index (χ1v) is 9.12. The van der Waals surface area contributed by atoms with Gasteiger partial charge in [0, 0.05) is 32.5 Å². The molecular formula is C14H19N5O3S. The Labute approximate surface area is 134 Å². The van der Waals surface area contributed by atoms with E-state index in [1.54, 1.807) is 26.4 Å². The molecule has 23 heavy (non-hydrogen) atoms. The number of nitrogens with one attached hydrogen (secondary N) is 1. The molecular weight excluding hydrogens is 318 g/mol. The lowest BCUT2D eigenvalue weighted by atomic mass is 10.2. The molecule has 3 heterocycles. The van der Waals surface area contributed by atoms with Crippen LogP contribution in [0.4, 0.5) is 0 Å². The molecule has 8 nitrogen and oxygen atoms in total. The molecule has 0 bridgehead atoms. The van der Waals surface area contributed by atoms with Gasteiger partial charge >= 0.3 is 0 Å². The Morgan fingerprint density at radius 3 is 2.87 bits per heavy atom. The molecule has 0 aromatic carbocycles. The summed E-state index contributed by atoms with van der Waals surface area (Å²) in [4.78, 5) is 14.4. The van der Waals surface area contributed by atoms with Crippen LogP contribution in [0.15, 0.2) is 30.6 Å². The summed E-state index contributed by atoms with van der Waals surface area (Å²) in [5.41, 5.74) is 1.49. The van der Waals surface area contributed by atoms with Crippen LogP contribution >= 0.6 is 0 Å². The lowest BCUT2D eigenvalue weighted by molar-refractivity contribution is 0.0662. The third-order valence-electron chi connectivity index (χ3n) is 3.91. The number of fused-ring (bicyclic) bond motifs is 1. The van der Waals surface area contributed by atoms with E-state index in [0.717, 1.165) is 11.9 Å². The van der Waals surface area contributed by atoms with Crippen LogP contribution in [0.3, 0.4) is 0 Å². The summed E-state index contributed by atoms with van der Waals surface area (Å²) >= 11 is 0. The highest BCUT2D eigenvalue weighted by Gasteiger charge is 2.30. The molecule has 2 aromatic rings. The summed E-state index contributed by atoms with van der Waals surface area (Å²) in [7, 11) is -1.47. The Morgan fingerprint density at radius 2 is 2.22 bits per heavy atom. The Bertz CT molecular complexity index is 823. The maximum Gasteiger partial charge on any atom is 0.270 e. The third kappa shape index (κ3) is 3.30. The van der Waals surface area contributed by atoms with Gasteiger partial charge in [0.05, 0.1) is 24.5 Å². The lowest BCUT2D eigenvalue weighted by Crippen LogP contribution is -2.45. The molecule has 0 fully saturated rings. The standard InChI is InChI=1S/C14H19N5O3S/c1-17-7-3-4-13(17)14(20)18-9-11-5-6-15-19(11)12(10-18)8-16-23(2,21)22/h3-7,12,16H,8-10H2,1-2H3/t12-/m0/s1. The molecule has 1 atom stereocenters. The van der Waals surface area contributed by atoms with Gasteiger partial charge in [-0.2, -0.15) is 5.10 Å². The molecule has 0 spiro atoms. The number of carbonyl (C=O) groups is 1. The smallest absolute Gasteiger partial charge is 0.270 e. The Morgan fingerprint density at radius 1 is 1.43 bits per heavy atom. The molecule has 0 saturated carbocycles. The molecule has 1 N–H and O–H groups in total. The van der Waals surface area contributed by atoms with Crippen molar-refractivity contribution in [3.05, 3.63) is 42.0 Å². The van der Waals surface area contributed by atoms with E-state index in [0.29, 0.717) is 18.8 Å². The topological polar surface area (TPSA) is 89.2 Å². The zero-order valence-electron chi connectivity index (χ0n) is 13.0. The molecule has 0 aliphatic carbocycles. The van der Waals surface area contributed by atoms with Crippen LogP contribution in [0.1, 0.15) is 22.2 Å². The molecule has 9 heteroatoms. The number of sulfonamides is 1. The molecule has 1 aliphatic heterocycles. The molecule has 0 saturated heterocycles. The van der Waals surface area contributed by atoms with Gasteiger partial charge in [0.2, 0.25) is 10.0 Å².